The van der Waals surface area contributed by atoms with Crippen LogP contribution in [0.2, 0.25) is 0 Å². The van der Waals surface area contributed by atoms with Gasteiger partial charge in [0.05, 0.1) is 17.9 Å². The van der Waals surface area contributed by atoms with Gasteiger partial charge in [-0.25, -0.2) is 9.67 Å². The van der Waals surface area contributed by atoms with Crippen LogP contribution < -0.4 is 4.74 Å². The maximum absolute atomic E-state index is 12.2. The average Bonchev–Trinajstić information content (AvgIpc) is 2.87. The summed E-state index contributed by atoms with van der Waals surface area (Å²) in [6, 6.07) is 4.74. The molecule has 0 amide bonds. The minimum atomic E-state index is -2.88. The van der Waals surface area contributed by atoms with Gasteiger partial charge in [-0.1, -0.05) is 32.1 Å². The Morgan fingerprint density at radius 1 is 1.33 bits per heavy atom. The summed E-state index contributed by atoms with van der Waals surface area (Å²) in [5.74, 6) is -0.100. The van der Waals surface area contributed by atoms with E-state index >= 15 is 0 Å². The lowest BCUT2D eigenvalue weighted by atomic mass is 9.87. The van der Waals surface area contributed by atoms with Crippen molar-refractivity contribution in [3.8, 4) is 5.88 Å². The molecular weight excluding hydrogens is 278 g/mol. The number of hydrogen-bond acceptors (Lipinski definition) is 4. The molecule has 2 aromatic heterocycles. The molecular formula is C14H18F2N4O. The molecule has 0 saturated heterocycles. The Labute approximate surface area is 122 Å². The van der Waals surface area contributed by atoms with Crippen molar-refractivity contribution in [2.75, 3.05) is 0 Å². The predicted molar refractivity (Wildman–Crippen MR) is 73.3 cm³/mol. The van der Waals surface area contributed by atoms with E-state index in [4.69, 9.17) is 0 Å². The first-order valence-electron chi connectivity index (χ1n) is 6.72. The molecule has 0 spiro atoms. The van der Waals surface area contributed by atoms with E-state index < -0.39 is 6.61 Å². The van der Waals surface area contributed by atoms with E-state index in [-0.39, 0.29) is 11.3 Å². The number of alkyl halides is 2. The van der Waals surface area contributed by atoms with Gasteiger partial charge < -0.3 is 4.74 Å². The highest BCUT2D eigenvalue weighted by Gasteiger charge is 2.21. The molecule has 21 heavy (non-hydrogen) atoms. The van der Waals surface area contributed by atoms with Crippen molar-refractivity contribution in [3.05, 3.63) is 35.8 Å². The largest absolute Gasteiger partial charge is 0.417 e. The second kappa shape index (κ2) is 6.15. The molecule has 0 aliphatic rings. The van der Waals surface area contributed by atoms with Crippen LogP contribution >= 0.6 is 0 Å². The molecule has 5 nitrogen and oxygen atoms in total. The summed E-state index contributed by atoms with van der Waals surface area (Å²) in [5, 5.41) is 8.21. The van der Waals surface area contributed by atoms with Gasteiger partial charge in [0, 0.05) is 17.7 Å². The van der Waals surface area contributed by atoms with Crippen LogP contribution in [0.3, 0.4) is 0 Å². The lowest BCUT2D eigenvalue weighted by Crippen LogP contribution is -2.15. The van der Waals surface area contributed by atoms with Gasteiger partial charge in [0.25, 0.3) is 0 Å². The van der Waals surface area contributed by atoms with Gasteiger partial charge in [0.15, 0.2) is 0 Å². The number of nitrogens with zero attached hydrogens (tertiary/aromatic N) is 4. The standard InChI is InChI=1S/C14H18F2N4O/c1-4-14(2,3)11-9-20(19-18-11)8-10-6-5-7-12(17-10)21-13(15)16/h5-7,9,13H,4,8H2,1-3H3. The summed E-state index contributed by atoms with van der Waals surface area (Å²) < 4.78 is 30.2. The number of hydrogen-bond donors (Lipinski definition) is 0. The minimum absolute atomic E-state index is 0.0493. The van der Waals surface area contributed by atoms with Crippen molar-refractivity contribution < 1.29 is 13.5 Å². The molecule has 2 heterocycles. The highest BCUT2D eigenvalue weighted by atomic mass is 19.3. The van der Waals surface area contributed by atoms with Crippen molar-refractivity contribution in [2.45, 2.75) is 45.8 Å². The molecule has 7 heteroatoms. The lowest BCUT2D eigenvalue weighted by molar-refractivity contribution is -0.0529. The molecule has 0 aliphatic heterocycles. The summed E-state index contributed by atoms with van der Waals surface area (Å²) >= 11 is 0. The Hall–Kier alpha value is -2.05. The first-order valence-corrected chi connectivity index (χ1v) is 6.72. The van der Waals surface area contributed by atoms with E-state index in [1.165, 1.54) is 6.07 Å². The van der Waals surface area contributed by atoms with Crippen LogP contribution in [0.1, 0.15) is 38.6 Å². The van der Waals surface area contributed by atoms with Crippen LogP contribution in [0, 0.1) is 0 Å². The molecule has 0 aromatic carbocycles. The van der Waals surface area contributed by atoms with Gasteiger partial charge in [0.1, 0.15) is 0 Å². The summed E-state index contributed by atoms with van der Waals surface area (Å²) in [6.07, 6.45) is 2.80. The fourth-order valence-electron chi connectivity index (χ4n) is 1.74. The van der Waals surface area contributed by atoms with Crippen LogP contribution in [-0.2, 0) is 12.0 Å². The molecule has 114 valence electrons. The molecule has 0 radical (unpaired) electrons. The van der Waals surface area contributed by atoms with E-state index in [9.17, 15) is 8.78 Å². The van der Waals surface area contributed by atoms with Gasteiger partial charge in [-0.2, -0.15) is 8.78 Å². The van der Waals surface area contributed by atoms with Crippen molar-refractivity contribution in [1.82, 2.24) is 20.0 Å². The Bertz CT molecular complexity index is 598. The summed E-state index contributed by atoms with van der Waals surface area (Å²) in [5.41, 5.74) is 1.43. The smallest absolute Gasteiger partial charge is 0.388 e. The number of pyridine rings is 1. The summed E-state index contributed by atoms with van der Waals surface area (Å²) in [7, 11) is 0. The van der Waals surface area contributed by atoms with Crippen LogP contribution in [0.15, 0.2) is 24.4 Å². The first-order chi connectivity index (χ1) is 9.90. The number of ether oxygens (including phenoxy) is 1. The van der Waals surface area contributed by atoms with Crippen molar-refractivity contribution in [2.24, 2.45) is 0 Å². The second-order valence-corrected chi connectivity index (χ2v) is 5.38. The normalized spacial score (nSPS) is 11.9. The maximum atomic E-state index is 12.2. The summed E-state index contributed by atoms with van der Waals surface area (Å²) in [6.45, 7) is 3.75. The van der Waals surface area contributed by atoms with Crippen LogP contribution in [0.5, 0.6) is 5.88 Å². The van der Waals surface area contributed by atoms with Gasteiger partial charge >= 0.3 is 6.61 Å². The van der Waals surface area contributed by atoms with Gasteiger partial charge in [-0.05, 0) is 12.5 Å². The third kappa shape index (κ3) is 3.96. The van der Waals surface area contributed by atoms with Crippen LogP contribution in [-0.4, -0.2) is 26.6 Å². The average molecular weight is 296 g/mol. The lowest BCUT2D eigenvalue weighted by Gasteiger charge is -2.18. The molecule has 0 N–H and O–H groups in total. The Morgan fingerprint density at radius 3 is 2.76 bits per heavy atom. The van der Waals surface area contributed by atoms with Crippen molar-refractivity contribution in [1.29, 1.82) is 0 Å². The van der Waals surface area contributed by atoms with Crippen LogP contribution in [0.4, 0.5) is 8.78 Å². The quantitative estimate of drug-likeness (QED) is 0.822. The number of halogens is 2. The zero-order chi connectivity index (χ0) is 15.5. The number of rotatable bonds is 6. The van der Waals surface area contributed by atoms with Crippen molar-refractivity contribution >= 4 is 0 Å². The van der Waals surface area contributed by atoms with E-state index in [2.05, 4.69) is 40.8 Å². The molecule has 2 aromatic rings. The zero-order valence-electron chi connectivity index (χ0n) is 12.3. The molecule has 0 aliphatic carbocycles. The third-order valence-electron chi connectivity index (χ3n) is 3.43. The fraction of sp³-hybridized carbons (Fsp3) is 0.500. The topological polar surface area (TPSA) is 52.8 Å². The highest BCUT2D eigenvalue weighted by Crippen LogP contribution is 2.24. The molecule has 0 fully saturated rings. The predicted octanol–water partition coefficient (Wildman–Crippen LogP) is 3.01. The van der Waals surface area contributed by atoms with E-state index in [0.29, 0.717) is 12.2 Å². The second-order valence-electron chi connectivity index (χ2n) is 5.38. The Morgan fingerprint density at radius 2 is 2.10 bits per heavy atom. The molecule has 0 atom stereocenters. The first kappa shape index (κ1) is 15.3. The summed E-state index contributed by atoms with van der Waals surface area (Å²) in [4.78, 5) is 4.01. The Balaban J connectivity index is 2.12. The SMILES string of the molecule is CCC(C)(C)c1cn(Cc2cccc(OC(F)F)n2)nn1. The maximum Gasteiger partial charge on any atom is 0.388 e. The zero-order valence-corrected chi connectivity index (χ0v) is 12.3. The Kier molecular flexibility index (Phi) is 4.50. The molecule has 2 rings (SSSR count). The molecule has 0 unspecified atom stereocenters. The molecule has 0 saturated carbocycles. The fourth-order valence-corrected chi connectivity index (χ4v) is 1.74. The molecule has 0 bridgehead atoms. The highest BCUT2D eigenvalue weighted by molar-refractivity contribution is 5.16. The monoisotopic (exact) mass is 296 g/mol. The minimum Gasteiger partial charge on any atom is -0.417 e. The van der Waals surface area contributed by atoms with Gasteiger partial charge in [-0.3, -0.25) is 0 Å². The van der Waals surface area contributed by atoms with Crippen molar-refractivity contribution in [3.63, 3.8) is 0 Å². The van der Waals surface area contributed by atoms with Gasteiger partial charge in [0.2, 0.25) is 5.88 Å². The number of aromatic nitrogens is 4. The van der Waals surface area contributed by atoms with Gasteiger partial charge in [-0.15, -0.1) is 5.10 Å². The van der Waals surface area contributed by atoms with E-state index in [1.807, 2.05) is 6.20 Å². The van der Waals surface area contributed by atoms with E-state index in [1.54, 1.807) is 16.8 Å². The van der Waals surface area contributed by atoms with E-state index in [0.717, 1.165) is 12.1 Å². The third-order valence-corrected chi connectivity index (χ3v) is 3.43. The van der Waals surface area contributed by atoms with Crippen LogP contribution in [0.25, 0.3) is 0 Å².